The molecule has 7 nitrogen and oxygen atoms in total. The quantitative estimate of drug-likeness (QED) is 0.825. The first-order valence-corrected chi connectivity index (χ1v) is 7.66. The van der Waals surface area contributed by atoms with Crippen LogP contribution in [0.1, 0.15) is 13.3 Å². The van der Waals surface area contributed by atoms with Crippen molar-refractivity contribution >= 4 is 17.8 Å². The molecule has 0 unspecified atom stereocenters. The van der Waals surface area contributed by atoms with Gasteiger partial charge in [0.2, 0.25) is 5.91 Å². The van der Waals surface area contributed by atoms with Crippen molar-refractivity contribution in [1.82, 2.24) is 15.1 Å². The summed E-state index contributed by atoms with van der Waals surface area (Å²) in [6, 6.07) is 8.53. The van der Waals surface area contributed by atoms with Gasteiger partial charge in [-0.3, -0.25) is 14.5 Å². The van der Waals surface area contributed by atoms with Crippen LogP contribution in [0.25, 0.3) is 0 Å². The van der Waals surface area contributed by atoms with Crippen LogP contribution in [0.4, 0.5) is 4.79 Å². The van der Waals surface area contributed by atoms with E-state index in [9.17, 15) is 14.4 Å². The summed E-state index contributed by atoms with van der Waals surface area (Å²) in [6.07, 6.45) is -0.0116. The zero-order valence-corrected chi connectivity index (χ0v) is 12.9. The Morgan fingerprint density at radius 3 is 2.70 bits per heavy atom. The molecule has 2 atom stereocenters. The van der Waals surface area contributed by atoms with Gasteiger partial charge in [0.05, 0.1) is 12.6 Å². The van der Waals surface area contributed by atoms with E-state index in [1.807, 2.05) is 18.2 Å². The third-order valence-electron chi connectivity index (χ3n) is 4.12. The van der Waals surface area contributed by atoms with Gasteiger partial charge in [0.15, 0.2) is 6.10 Å². The summed E-state index contributed by atoms with van der Waals surface area (Å²) in [6.45, 7) is 2.62. The molecule has 2 heterocycles. The van der Waals surface area contributed by atoms with Crippen LogP contribution < -0.4 is 10.1 Å². The van der Waals surface area contributed by atoms with Crippen LogP contribution in [0.15, 0.2) is 30.3 Å². The van der Waals surface area contributed by atoms with E-state index < -0.39 is 6.10 Å². The first-order chi connectivity index (χ1) is 11.1. The number of urea groups is 1. The average molecular weight is 317 g/mol. The molecular weight excluding hydrogens is 298 g/mol. The standard InChI is InChI=1S/C16H19N3O4/c1-11(23-13-5-3-2-4-6-13)15(21)18-8-7-12(10-18)19-14(20)9-17-16(19)22/h2-6,11-12H,7-10H2,1H3,(H,17,22)/t11-,12+/m0/s1. The minimum absolute atomic E-state index is 0.0385. The maximum absolute atomic E-state index is 12.5. The lowest BCUT2D eigenvalue weighted by Crippen LogP contribution is -2.44. The molecule has 122 valence electrons. The number of carbonyl (C=O) groups is 3. The van der Waals surface area contributed by atoms with Crippen LogP contribution in [-0.4, -0.2) is 59.4 Å². The number of carbonyl (C=O) groups excluding carboxylic acids is 3. The highest BCUT2D eigenvalue weighted by molar-refractivity contribution is 6.02. The van der Waals surface area contributed by atoms with Crippen molar-refractivity contribution in [3.8, 4) is 5.75 Å². The van der Waals surface area contributed by atoms with E-state index in [2.05, 4.69) is 5.32 Å². The predicted molar refractivity (Wildman–Crippen MR) is 81.8 cm³/mol. The van der Waals surface area contributed by atoms with Crippen LogP contribution in [0.5, 0.6) is 5.75 Å². The molecule has 0 aromatic heterocycles. The SMILES string of the molecule is C[C@H](Oc1ccccc1)C(=O)N1CC[C@@H](N2C(=O)CNC2=O)C1. The third-order valence-corrected chi connectivity index (χ3v) is 4.12. The van der Waals surface area contributed by atoms with E-state index in [1.54, 1.807) is 24.0 Å². The highest BCUT2D eigenvalue weighted by Crippen LogP contribution is 2.20. The van der Waals surface area contributed by atoms with Gasteiger partial charge in [0.1, 0.15) is 5.75 Å². The number of ether oxygens (including phenoxy) is 1. The molecule has 0 spiro atoms. The summed E-state index contributed by atoms with van der Waals surface area (Å²) >= 11 is 0. The van der Waals surface area contributed by atoms with Crippen LogP contribution >= 0.6 is 0 Å². The molecule has 0 saturated carbocycles. The fourth-order valence-electron chi connectivity index (χ4n) is 2.97. The molecule has 0 radical (unpaired) electrons. The molecular formula is C16H19N3O4. The van der Waals surface area contributed by atoms with Crippen LogP contribution in [0.2, 0.25) is 0 Å². The lowest BCUT2D eigenvalue weighted by Gasteiger charge is -2.23. The van der Waals surface area contributed by atoms with Gasteiger partial charge >= 0.3 is 6.03 Å². The van der Waals surface area contributed by atoms with Crippen molar-refractivity contribution in [3.05, 3.63) is 30.3 Å². The second-order valence-corrected chi connectivity index (χ2v) is 5.72. The van der Waals surface area contributed by atoms with Crippen molar-refractivity contribution in [2.45, 2.75) is 25.5 Å². The number of rotatable bonds is 4. The smallest absolute Gasteiger partial charge is 0.324 e. The van der Waals surface area contributed by atoms with Gasteiger partial charge in [-0.15, -0.1) is 0 Å². The Morgan fingerprint density at radius 2 is 2.04 bits per heavy atom. The largest absolute Gasteiger partial charge is 0.481 e. The molecule has 2 aliphatic heterocycles. The number of nitrogens with zero attached hydrogens (tertiary/aromatic N) is 2. The van der Waals surface area contributed by atoms with Gasteiger partial charge in [-0.25, -0.2) is 4.79 Å². The van der Waals surface area contributed by atoms with Gasteiger partial charge in [0, 0.05) is 13.1 Å². The van der Waals surface area contributed by atoms with Crippen LogP contribution in [-0.2, 0) is 9.59 Å². The Kier molecular flexibility index (Phi) is 4.18. The molecule has 2 saturated heterocycles. The highest BCUT2D eigenvalue weighted by Gasteiger charge is 2.40. The third kappa shape index (κ3) is 3.13. The number of para-hydroxylation sites is 1. The topological polar surface area (TPSA) is 79.0 Å². The molecule has 0 bridgehead atoms. The van der Waals surface area contributed by atoms with Crippen molar-refractivity contribution in [2.24, 2.45) is 0 Å². The molecule has 0 aliphatic carbocycles. The molecule has 1 aromatic carbocycles. The molecule has 2 aliphatic rings. The van der Waals surface area contributed by atoms with Crippen molar-refractivity contribution in [1.29, 1.82) is 0 Å². The van der Waals surface area contributed by atoms with E-state index >= 15 is 0 Å². The number of imide groups is 1. The summed E-state index contributed by atoms with van der Waals surface area (Å²) in [5.74, 6) is 0.268. The summed E-state index contributed by atoms with van der Waals surface area (Å²) in [5, 5.41) is 2.51. The van der Waals surface area contributed by atoms with Crippen molar-refractivity contribution < 1.29 is 19.1 Å². The van der Waals surface area contributed by atoms with E-state index in [-0.39, 0.29) is 30.4 Å². The summed E-state index contributed by atoms with van der Waals surface area (Å²) in [7, 11) is 0. The van der Waals surface area contributed by atoms with E-state index in [0.29, 0.717) is 25.3 Å². The monoisotopic (exact) mass is 317 g/mol. The Labute approximate surface area is 134 Å². The minimum Gasteiger partial charge on any atom is -0.481 e. The van der Waals surface area contributed by atoms with E-state index in [0.717, 1.165) is 0 Å². The Morgan fingerprint density at radius 1 is 1.30 bits per heavy atom. The average Bonchev–Trinajstić information content (AvgIpc) is 3.14. The number of likely N-dealkylation sites (tertiary alicyclic amines) is 1. The van der Waals surface area contributed by atoms with Crippen LogP contribution in [0, 0.1) is 0 Å². The lowest BCUT2D eigenvalue weighted by atomic mass is 10.2. The molecule has 2 fully saturated rings. The molecule has 23 heavy (non-hydrogen) atoms. The molecule has 7 heteroatoms. The second-order valence-electron chi connectivity index (χ2n) is 5.72. The summed E-state index contributed by atoms with van der Waals surface area (Å²) in [5.41, 5.74) is 0. The van der Waals surface area contributed by atoms with Gasteiger partial charge in [-0.2, -0.15) is 0 Å². The van der Waals surface area contributed by atoms with Gasteiger partial charge in [-0.1, -0.05) is 18.2 Å². The van der Waals surface area contributed by atoms with Gasteiger partial charge in [0.25, 0.3) is 5.91 Å². The first-order valence-electron chi connectivity index (χ1n) is 7.66. The normalized spacial score (nSPS) is 22.2. The number of nitrogens with one attached hydrogen (secondary N) is 1. The number of benzene rings is 1. The summed E-state index contributed by atoms with van der Waals surface area (Å²) in [4.78, 5) is 38.8. The number of amides is 4. The number of hydrogen-bond donors (Lipinski definition) is 1. The summed E-state index contributed by atoms with van der Waals surface area (Å²) < 4.78 is 5.64. The van der Waals surface area contributed by atoms with Gasteiger partial charge in [-0.05, 0) is 25.5 Å². The Hall–Kier alpha value is -2.57. The fraction of sp³-hybridized carbons (Fsp3) is 0.438. The molecule has 4 amide bonds. The molecule has 3 rings (SSSR count). The van der Waals surface area contributed by atoms with E-state index in [4.69, 9.17) is 4.74 Å². The fourth-order valence-corrected chi connectivity index (χ4v) is 2.97. The van der Waals surface area contributed by atoms with Gasteiger partial charge < -0.3 is 15.0 Å². The van der Waals surface area contributed by atoms with Crippen molar-refractivity contribution in [2.75, 3.05) is 19.6 Å². The zero-order valence-electron chi connectivity index (χ0n) is 12.9. The molecule has 1 aromatic rings. The zero-order chi connectivity index (χ0) is 16.4. The molecule has 1 N–H and O–H groups in total. The maximum atomic E-state index is 12.5. The Bertz CT molecular complexity index is 603. The highest BCUT2D eigenvalue weighted by atomic mass is 16.5. The first kappa shape index (κ1) is 15.3. The maximum Gasteiger partial charge on any atom is 0.324 e. The van der Waals surface area contributed by atoms with Crippen LogP contribution in [0.3, 0.4) is 0 Å². The van der Waals surface area contributed by atoms with Crippen molar-refractivity contribution in [3.63, 3.8) is 0 Å². The second kappa shape index (κ2) is 6.28. The Balaban J connectivity index is 1.59. The van der Waals surface area contributed by atoms with E-state index in [1.165, 1.54) is 4.90 Å². The number of hydrogen-bond acceptors (Lipinski definition) is 4. The lowest BCUT2D eigenvalue weighted by molar-refractivity contribution is -0.137. The predicted octanol–water partition coefficient (Wildman–Crippen LogP) is 0.607. The minimum atomic E-state index is -0.612.